The molecule has 0 aliphatic heterocycles. The lowest BCUT2D eigenvalue weighted by molar-refractivity contribution is 0.580. The maximum Gasteiger partial charge on any atom is 0.214 e. The zero-order chi connectivity index (χ0) is 14.2. The second-order valence-electron chi connectivity index (χ2n) is 4.70. The van der Waals surface area contributed by atoms with Crippen molar-refractivity contribution >= 4 is 33.0 Å². The molecule has 1 aromatic heterocycles. The highest BCUT2D eigenvalue weighted by atomic mass is 35.5. The molecule has 0 bridgehead atoms. The van der Waals surface area contributed by atoms with Gasteiger partial charge in [0.05, 0.1) is 5.25 Å². The molecule has 1 aliphatic rings. The van der Waals surface area contributed by atoms with Crippen molar-refractivity contribution in [1.29, 1.82) is 0 Å². The van der Waals surface area contributed by atoms with Crippen molar-refractivity contribution in [3.05, 3.63) is 40.4 Å². The molecule has 0 saturated heterocycles. The number of sulfonamides is 1. The van der Waals surface area contributed by atoms with E-state index in [9.17, 15) is 8.42 Å². The molecule has 1 N–H and O–H groups in total. The van der Waals surface area contributed by atoms with Crippen molar-refractivity contribution < 1.29 is 8.42 Å². The summed E-state index contributed by atoms with van der Waals surface area (Å²) in [5.74, 6) is 0. The number of nitrogens with zero attached hydrogens (tertiary/aromatic N) is 1. The smallest absolute Gasteiger partial charge is 0.214 e. The van der Waals surface area contributed by atoms with Crippen molar-refractivity contribution in [2.45, 2.75) is 24.6 Å². The van der Waals surface area contributed by atoms with Crippen LogP contribution in [-0.2, 0) is 16.6 Å². The summed E-state index contributed by atoms with van der Waals surface area (Å²) in [6.45, 7) is 0.310. The third kappa shape index (κ3) is 3.20. The topological polar surface area (TPSA) is 59.1 Å². The summed E-state index contributed by atoms with van der Waals surface area (Å²) in [5, 5.41) is 1.36. The highest BCUT2D eigenvalue weighted by Gasteiger charge is 2.35. The number of hydrogen-bond acceptors (Lipinski definition) is 4. The minimum atomic E-state index is -3.13. The quantitative estimate of drug-likeness (QED) is 0.917. The molecule has 1 aliphatic carbocycles. The summed E-state index contributed by atoms with van der Waals surface area (Å²) in [5.41, 5.74) is 0.982. The maximum absolute atomic E-state index is 11.7. The van der Waals surface area contributed by atoms with E-state index in [1.807, 2.05) is 24.3 Å². The Kier molecular flexibility index (Phi) is 3.81. The summed E-state index contributed by atoms with van der Waals surface area (Å²) in [4.78, 5) is 5.22. The summed E-state index contributed by atoms with van der Waals surface area (Å²) in [7, 11) is -3.13. The number of benzene rings is 1. The van der Waals surface area contributed by atoms with Gasteiger partial charge < -0.3 is 0 Å². The second-order valence-corrected chi connectivity index (χ2v) is 8.30. The van der Waals surface area contributed by atoms with Crippen LogP contribution in [0.3, 0.4) is 0 Å². The zero-order valence-electron chi connectivity index (χ0n) is 10.5. The number of rotatable bonds is 5. The van der Waals surface area contributed by atoms with Crippen LogP contribution in [0, 0.1) is 0 Å². The monoisotopic (exact) mass is 328 g/mol. The third-order valence-electron chi connectivity index (χ3n) is 3.06. The lowest BCUT2D eigenvalue weighted by atomic mass is 10.2. The normalized spacial score (nSPS) is 15.4. The molecule has 0 radical (unpaired) electrons. The largest absolute Gasteiger partial charge is 0.244 e. The van der Waals surface area contributed by atoms with Crippen molar-refractivity contribution in [2.75, 3.05) is 0 Å². The van der Waals surface area contributed by atoms with Gasteiger partial charge in [-0.05, 0) is 25.0 Å². The number of aromatic nitrogens is 1. The van der Waals surface area contributed by atoms with Crippen LogP contribution in [-0.4, -0.2) is 18.7 Å². The highest BCUT2D eigenvalue weighted by molar-refractivity contribution is 7.90. The predicted molar refractivity (Wildman–Crippen MR) is 81.3 cm³/mol. The van der Waals surface area contributed by atoms with Gasteiger partial charge in [0.15, 0.2) is 0 Å². The molecule has 0 unspecified atom stereocenters. The van der Waals surface area contributed by atoms with Crippen molar-refractivity contribution in [3.8, 4) is 10.6 Å². The van der Waals surface area contributed by atoms with Gasteiger partial charge in [0, 0.05) is 28.2 Å². The Morgan fingerprint density at radius 3 is 2.65 bits per heavy atom. The summed E-state index contributed by atoms with van der Waals surface area (Å²) >= 11 is 7.33. The van der Waals surface area contributed by atoms with Crippen LogP contribution in [0.5, 0.6) is 0 Å². The molecule has 2 aromatic rings. The highest BCUT2D eigenvalue weighted by Crippen LogP contribution is 2.29. The van der Waals surface area contributed by atoms with Crippen LogP contribution in [0.1, 0.15) is 17.7 Å². The Labute approximate surface area is 126 Å². The van der Waals surface area contributed by atoms with E-state index in [2.05, 4.69) is 9.71 Å². The van der Waals surface area contributed by atoms with Crippen molar-refractivity contribution in [3.63, 3.8) is 0 Å². The molecule has 3 rings (SSSR count). The fourth-order valence-corrected chi connectivity index (χ4v) is 4.21. The summed E-state index contributed by atoms with van der Waals surface area (Å²) in [6.07, 6.45) is 3.26. The van der Waals surface area contributed by atoms with Crippen LogP contribution in [0.2, 0.25) is 5.02 Å². The second kappa shape index (κ2) is 5.44. The van der Waals surface area contributed by atoms with E-state index in [0.717, 1.165) is 28.3 Å². The zero-order valence-corrected chi connectivity index (χ0v) is 12.9. The Hall–Kier alpha value is -0.950. The van der Waals surface area contributed by atoms with Gasteiger partial charge in [-0.3, -0.25) is 0 Å². The van der Waals surface area contributed by atoms with Gasteiger partial charge >= 0.3 is 0 Å². The average Bonchev–Trinajstić information content (AvgIpc) is 3.18. The minimum absolute atomic E-state index is 0.189. The Balaban J connectivity index is 1.69. The van der Waals surface area contributed by atoms with Gasteiger partial charge in [-0.25, -0.2) is 18.1 Å². The van der Waals surface area contributed by atoms with E-state index in [4.69, 9.17) is 11.6 Å². The molecule has 1 heterocycles. The van der Waals surface area contributed by atoms with Gasteiger partial charge in [0.25, 0.3) is 0 Å². The van der Waals surface area contributed by atoms with Gasteiger partial charge in [-0.15, -0.1) is 11.3 Å². The molecule has 1 saturated carbocycles. The molecule has 7 heteroatoms. The summed E-state index contributed by atoms with van der Waals surface area (Å²) in [6, 6.07) is 7.43. The lowest BCUT2D eigenvalue weighted by Crippen LogP contribution is -2.26. The van der Waals surface area contributed by atoms with Gasteiger partial charge in [0.2, 0.25) is 10.0 Å². The van der Waals surface area contributed by atoms with Crippen LogP contribution in [0.4, 0.5) is 0 Å². The Morgan fingerprint density at radius 2 is 2.00 bits per heavy atom. The minimum Gasteiger partial charge on any atom is -0.244 e. The Morgan fingerprint density at radius 1 is 1.30 bits per heavy atom. The first-order valence-electron chi connectivity index (χ1n) is 6.24. The SMILES string of the molecule is O=S(=O)(NCc1cnc(-c2ccc(Cl)cc2)s1)C1CC1. The maximum atomic E-state index is 11.7. The lowest BCUT2D eigenvalue weighted by Gasteiger charge is -2.02. The van der Waals surface area contributed by atoms with E-state index in [1.54, 1.807) is 6.20 Å². The molecule has 20 heavy (non-hydrogen) atoms. The third-order valence-corrected chi connectivity index (χ3v) is 6.25. The van der Waals surface area contributed by atoms with Crippen LogP contribution in [0.25, 0.3) is 10.6 Å². The summed E-state index contributed by atoms with van der Waals surface area (Å²) < 4.78 is 26.1. The number of halogens is 1. The van der Waals surface area contributed by atoms with Gasteiger partial charge in [-0.1, -0.05) is 23.7 Å². The molecule has 1 aromatic carbocycles. The van der Waals surface area contributed by atoms with Crippen LogP contribution >= 0.6 is 22.9 Å². The van der Waals surface area contributed by atoms with Crippen molar-refractivity contribution in [1.82, 2.24) is 9.71 Å². The van der Waals surface area contributed by atoms with Crippen molar-refractivity contribution in [2.24, 2.45) is 0 Å². The first kappa shape index (κ1) is 14.0. The number of hydrogen-bond donors (Lipinski definition) is 1. The van der Waals surface area contributed by atoms with E-state index in [1.165, 1.54) is 11.3 Å². The fourth-order valence-electron chi connectivity index (χ4n) is 1.78. The molecule has 4 nitrogen and oxygen atoms in total. The van der Waals surface area contributed by atoms with E-state index < -0.39 is 10.0 Å². The first-order valence-corrected chi connectivity index (χ1v) is 8.98. The predicted octanol–water partition coefficient (Wildman–Crippen LogP) is 3.05. The molecular formula is C13H13ClN2O2S2. The Bertz CT molecular complexity index is 706. The fraction of sp³-hybridized carbons (Fsp3) is 0.308. The van der Waals surface area contributed by atoms with Gasteiger partial charge in [-0.2, -0.15) is 0 Å². The van der Waals surface area contributed by atoms with Crippen LogP contribution in [0.15, 0.2) is 30.5 Å². The van der Waals surface area contributed by atoms with E-state index in [-0.39, 0.29) is 5.25 Å². The molecule has 106 valence electrons. The molecule has 0 spiro atoms. The first-order chi connectivity index (χ1) is 9.54. The van der Waals surface area contributed by atoms with E-state index >= 15 is 0 Å². The molecule has 0 atom stereocenters. The van der Waals surface area contributed by atoms with Crippen LogP contribution < -0.4 is 4.72 Å². The number of thiazole rings is 1. The van der Waals surface area contributed by atoms with Gasteiger partial charge in [0.1, 0.15) is 5.01 Å². The average molecular weight is 329 g/mol. The standard InChI is InChI=1S/C13H13ClN2O2S2/c14-10-3-1-9(2-4-10)13-15-7-11(19-13)8-16-20(17,18)12-5-6-12/h1-4,7,12,16H,5-6,8H2. The molecule has 0 amide bonds. The number of nitrogens with one attached hydrogen (secondary N) is 1. The molecule has 1 fully saturated rings. The molecular weight excluding hydrogens is 316 g/mol. The van der Waals surface area contributed by atoms with E-state index in [0.29, 0.717) is 11.6 Å².